The first kappa shape index (κ1) is 14.5. The maximum atomic E-state index is 9.72. The molecule has 0 aliphatic carbocycles. The molecule has 1 N–H and O–H groups in total. The summed E-state index contributed by atoms with van der Waals surface area (Å²) < 4.78 is 5.23. The maximum Gasteiger partial charge on any atom is 0.231 e. The summed E-state index contributed by atoms with van der Waals surface area (Å²) in [6.45, 7) is 7.27. The van der Waals surface area contributed by atoms with Crippen LogP contribution in [0.2, 0.25) is 0 Å². The van der Waals surface area contributed by atoms with Gasteiger partial charge in [0, 0.05) is 18.5 Å². The molecule has 0 saturated carbocycles. The van der Waals surface area contributed by atoms with Gasteiger partial charge in [-0.25, -0.2) is 0 Å². The molecule has 0 amide bonds. The van der Waals surface area contributed by atoms with Crippen molar-refractivity contribution in [1.82, 2.24) is 15.0 Å². The van der Waals surface area contributed by atoms with Crippen LogP contribution < -0.4 is 0 Å². The number of rotatable bonds is 7. The zero-order chi connectivity index (χ0) is 14.4. The number of hydrogen-bond acceptors (Lipinski definition) is 5. The van der Waals surface area contributed by atoms with Crippen LogP contribution in [0.3, 0.4) is 0 Å². The molecular weight excluding hydrogens is 254 g/mol. The molecule has 1 heterocycles. The van der Waals surface area contributed by atoms with Crippen molar-refractivity contribution in [1.29, 1.82) is 0 Å². The molecule has 0 fully saturated rings. The van der Waals surface area contributed by atoms with Crippen LogP contribution in [-0.2, 0) is 12.8 Å². The van der Waals surface area contributed by atoms with Gasteiger partial charge < -0.3 is 14.5 Å². The SMILES string of the molecule is CCN(CC)CCc1noc(Cc2ccccc2O)n1. The summed E-state index contributed by atoms with van der Waals surface area (Å²) in [6.07, 6.45) is 1.25. The summed E-state index contributed by atoms with van der Waals surface area (Å²) in [5, 5.41) is 13.7. The van der Waals surface area contributed by atoms with Crippen molar-refractivity contribution in [3.63, 3.8) is 0 Å². The zero-order valence-corrected chi connectivity index (χ0v) is 12.0. The predicted octanol–water partition coefficient (Wildman–Crippen LogP) is 2.25. The molecule has 0 aliphatic rings. The van der Waals surface area contributed by atoms with E-state index in [2.05, 4.69) is 28.9 Å². The average Bonchev–Trinajstić information content (AvgIpc) is 2.90. The van der Waals surface area contributed by atoms with E-state index >= 15 is 0 Å². The van der Waals surface area contributed by atoms with Crippen LogP contribution in [-0.4, -0.2) is 39.8 Å². The Morgan fingerprint density at radius 3 is 2.65 bits per heavy atom. The first-order valence-electron chi connectivity index (χ1n) is 7.03. The highest BCUT2D eigenvalue weighted by Gasteiger charge is 2.10. The molecule has 0 aliphatic heterocycles. The number of aromatic nitrogens is 2. The second kappa shape index (κ2) is 7.05. The van der Waals surface area contributed by atoms with Gasteiger partial charge in [0.15, 0.2) is 5.82 Å². The minimum atomic E-state index is 0.260. The minimum absolute atomic E-state index is 0.260. The fourth-order valence-corrected chi connectivity index (χ4v) is 2.08. The van der Waals surface area contributed by atoms with Crippen molar-refractivity contribution in [2.24, 2.45) is 0 Å². The molecule has 20 heavy (non-hydrogen) atoms. The smallest absolute Gasteiger partial charge is 0.231 e. The van der Waals surface area contributed by atoms with Crippen molar-refractivity contribution in [3.8, 4) is 5.75 Å². The number of likely N-dealkylation sites (N-methyl/N-ethyl adjacent to an activating group) is 1. The molecule has 0 bridgehead atoms. The molecule has 0 atom stereocenters. The van der Waals surface area contributed by atoms with Gasteiger partial charge in [-0.15, -0.1) is 0 Å². The molecule has 5 nitrogen and oxygen atoms in total. The fraction of sp³-hybridized carbons (Fsp3) is 0.467. The highest BCUT2D eigenvalue weighted by atomic mass is 16.5. The van der Waals surface area contributed by atoms with E-state index in [-0.39, 0.29) is 5.75 Å². The van der Waals surface area contributed by atoms with E-state index in [9.17, 15) is 5.11 Å². The Bertz CT molecular complexity index is 535. The Kier molecular flexibility index (Phi) is 5.12. The quantitative estimate of drug-likeness (QED) is 0.839. The van der Waals surface area contributed by atoms with E-state index in [1.165, 1.54) is 0 Å². The second-order valence-electron chi connectivity index (χ2n) is 4.69. The first-order valence-corrected chi connectivity index (χ1v) is 7.03. The number of nitrogens with zero attached hydrogens (tertiary/aromatic N) is 3. The Morgan fingerprint density at radius 1 is 1.20 bits per heavy atom. The predicted molar refractivity (Wildman–Crippen MR) is 76.7 cm³/mol. The molecule has 1 aromatic carbocycles. The zero-order valence-electron chi connectivity index (χ0n) is 12.0. The summed E-state index contributed by atoms with van der Waals surface area (Å²) in [7, 11) is 0. The van der Waals surface area contributed by atoms with Gasteiger partial charge in [-0.1, -0.05) is 37.2 Å². The summed E-state index contributed by atoms with van der Waals surface area (Å²) in [5.41, 5.74) is 0.798. The van der Waals surface area contributed by atoms with Crippen LogP contribution in [0.4, 0.5) is 0 Å². The lowest BCUT2D eigenvalue weighted by atomic mass is 10.1. The average molecular weight is 275 g/mol. The molecule has 5 heteroatoms. The lowest BCUT2D eigenvalue weighted by Crippen LogP contribution is -2.25. The van der Waals surface area contributed by atoms with Crippen LogP contribution in [0.5, 0.6) is 5.75 Å². The van der Waals surface area contributed by atoms with Gasteiger partial charge in [-0.3, -0.25) is 0 Å². The van der Waals surface area contributed by atoms with E-state index in [4.69, 9.17) is 4.52 Å². The Balaban J connectivity index is 1.94. The van der Waals surface area contributed by atoms with Crippen molar-refractivity contribution < 1.29 is 9.63 Å². The van der Waals surface area contributed by atoms with Gasteiger partial charge in [0.25, 0.3) is 0 Å². The normalized spacial score (nSPS) is 11.2. The van der Waals surface area contributed by atoms with Gasteiger partial charge in [-0.2, -0.15) is 4.98 Å². The molecule has 0 spiro atoms. The van der Waals surface area contributed by atoms with Crippen LogP contribution >= 0.6 is 0 Å². The summed E-state index contributed by atoms with van der Waals surface area (Å²) in [6, 6.07) is 7.19. The van der Waals surface area contributed by atoms with Crippen molar-refractivity contribution in [3.05, 3.63) is 41.5 Å². The highest BCUT2D eigenvalue weighted by Crippen LogP contribution is 2.18. The lowest BCUT2D eigenvalue weighted by Gasteiger charge is -2.16. The van der Waals surface area contributed by atoms with E-state index in [0.717, 1.165) is 37.4 Å². The lowest BCUT2D eigenvalue weighted by molar-refractivity contribution is 0.302. The molecule has 1 aromatic heterocycles. The van der Waals surface area contributed by atoms with Gasteiger partial charge in [0.05, 0.1) is 6.42 Å². The van der Waals surface area contributed by atoms with E-state index in [1.54, 1.807) is 12.1 Å². The number of para-hydroxylation sites is 1. The molecule has 0 radical (unpaired) electrons. The third-order valence-corrected chi connectivity index (χ3v) is 3.39. The Morgan fingerprint density at radius 2 is 1.95 bits per heavy atom. The molecule has 0 unspecified atom stereocenters. The second-order valence-corrected chi connectivity index (χ2v) is 4.69. The number of aromatic hydroxyl groups is 1. The van der Waals surface area contributed by atoms with Gasteiger partial charge in [0.1, 0.15) is 5.75 Å². The van der Waals surface area contributed by atoms with Crippen LogP contribution in [0.15, 0.2) is 28.8 Å². The third kappa shape index (κ3) is 3.81. The molecule has 2 rings (SSSR count). The van der Waals surface area contributed by atoms with Crippen molar-refractivity contribution in [2.45, 2.75) is 26.7 Å². The van der Waals surface area contributed by atoms with Gasteiger partial charge >= 0.3 is 0 Å². The number of hydrogen-bond donors (Lipinski definition) is 1. The number of phenols is 1. The van der Waals surface area contributed by atoms with E-state index in [1.807, 2.05) is 12.1 Å². The number of benzene rings is 1. The van der Waals surface area contributed by atoms with E-state index < -0.39 is 0 Å². The standard InChI is InChI=1S/C15H21N3O2/c1-3-18(4-2)10-9-14-16-15(20-17-14)11-12-7-5-6-8-13(12)19/h5-8,19H,3-4,9-11H2,1-2H3. The highest BCUT2D eigenvalue weighted by molar-refractivity contribution is 5.33. The summed E-state index contributed by atoms with van der Waals surface area (Å²) in [5.74, 6) is 1.53. The van der Waals surface area contributed by atoms with Gasteiger partial charge in [0.2, 0.25) is 5.89 Å². The number of phenolic OH excluding ortho intramolecular Hbond substituents is 1. The summed E-state index contributed by atoms with van der Waals surface area (Å²) >= 11 is 0. The maximum absolute atomic E-state index is 9.72. The van der Waals surface area contributed by atoms with Crippen LogP contribution in [0.1, 0.15) is 31.1 Å². The molecule has 108 valence electrons. The van der Waals surface area contributed by atoms with Crippen molar-refractivity contribution >= 4 is 0 Å². The summed E-state index contributed by atoms with van der Waals surface area (Å²) in [4.78, 5) is 6.69. The Labute approximate surface area is 119 Å². The van der Waals surface area contributed by atoms with Crippen LogP contribution in [0, 0.1) is 0 Å². The molecule has 2 aromatic rings. The third-order valence-electron chi connectivity index (χ3n) is 3.39. The van der Waals surface area contributed by atoms with Crippen LogP contribution in [0.25, 0.3) is 0 Å². The largest absolute Gasteiger partial charge is 0.508 e. The molecular formula is C15H21N3O2. The van der Waals surface area contributed by atoms with Gasteiger partial charge in [-0.05, 0) is 19.2 Å². The first-order chi connectivity index (χ1) is 9.72. The monoisotopic (exact) mass is 275 g/mol. The minimum Gasteiger partial charge on any atom is -0.508 e. The Hall–Kier alpha value is -1.88. The van der Waals surface area contributed by atoms with E-state index in [0.29, 0.717) is 12.3 Å². The molecule has 0 saturated heterocycles. The van der Waals surface area contributed by atoms with Crippen molar-refractivity contribution in [2.75, 3.05) is 19.6 Å². The topological polar surface area (TPSA) is 62.4 Å². The fourth-order valence-electron chi connectivity index (χ4n) is 2.08.